The van der Waals surface area contributed by atoms with Gasteiger partial charge in [0.1, 0.15) is 12.4 Å². The van der Waals surface area contributed by atoms with Crippen LogP contribution in [0.5, 0.6) is 0 Å². The first-order chi connectivity index (χ1) is 13.1. The molecule has 1 amide bonds. The summed E-state index contributed by atoms with van der Waals surface area (Å²) in [6, 6.07) is 5.54. The quantitative estimate of drug-likeness (QED) is 0.444. The predicted molar refractivity (Wildman–Crippen MR) is 103 cm³/mol. The number of nitrogens with one attached hydrogen (secondary N) is 1. The van der Waals surface area contributed by atoms with Crippen molar-refractivity contribution in [3.05, 3.63) is 52.3 Å². The number of amides is 1. The van der Waals surface area contributed by atoms with Crippen molar-refractivity contribution in [2.75, 3.05) is 25.9 Å². The van der Waals surface area contributed by atoms with Gasteiger partial charge in [-0.25, -0.2) is 8.70 Å². The highest BCUT2D eigenvalue weighted by Gasteiger charge is 2.41. The second-order valence-electron chi connectivity index (χ2n) is 6.92. The Hall–Kier alpha value is -2.18. The highest BCUT2D eigenvalue weighted by molar-refractivity contribution is 8.22. The topological polar surface area (TPSA) is 128 Å². The Morgan fingerprint density at radius 3 is 2.68 bits per heavy atom. The summed E-state index contributed by atoms with van der Waals surface area (Å²) < 4.78 is 33.6. The summed E-state index contributed by atoms with van der Waals surface area (Å²) >= 11 is 0. The van der Waals surface area contributed by atoms with Crippen molar-refractivity contribution in [2.24, 2.45) is 4.99 Å². The molecule has 0 spiro atoms. The van der Waals surface area contributed by atoms with E-state index in [0.717, 1.165) is 4.31 Å². The summed E-state index contributed by atoms with van der Waals surface area (Å²) in [6.07, 6.45) is 1.26. The lowest BCUT2D eigenvalue weighted by molar-refractivity contribution is -0.769. The Morgan fingerprint density at radius 2 is 2.04 bits per heavy atom. The summed E-state index contributed by atoms with van der Waals surface area (Å²) in [6.45, 7) is -0.157. The van der Waals surface area contributed by atoms with Gasteiger partial charge >= 0.3 is 5.96 Å². The number of hydroxylamine groups is 3. The molecule has 1 atom stereocenters. The summed E-state index contributed by atoms with van der Waals surface area (Å²) in [5.74, 6) is -1.69. The van der Waals surface area contributed by atoms with Crippen molar-refractivity contribution in [1.29, 1.82) is 0 Å². The van der Waals surface area contributed by atoms with Crippen LogP contribution in [-0.4, -0.2) is 60.9 Å². The maximum atomic E-state index is 13.0. The van der Waals surface area contributed by atoms with Crippen LogP contribution in [0.1, 0.15) is 18.4 Å². The van der Waals surface area contributed by atoms with Crippen molar-refractivity contribution in [1.82, 2.24) is 9.62 Å². The summed E-state index contributed by atoms with van der Waals surface area (Å²) in [5.41, 5.74) is 0.300. The van der Waals surface area contributed by atoms with Crippen molar-refractivity contribution in [3.63, 3.8) is 0 Å². The average molecular weight is 414 g/mol. The van der Waals surface area contributed by atoms with Gasteiger partial charge in [-0.15, -0.1) is 10.8 Å². The minimum absolute atomic E-state index is 0.0726. The number of halogens is 1. The van der Waals surface area contributed by atoms with E-state index in [4.69, 9.17) is 0 Å². The third kappa shape index (κ3) is 4.28. The molecule has 1 unspecified atom stereocenters. The zero-order valence-electron chi connectivity index (χ0n) is 15.3. The molecule has 0 aromatic heterocycles. The van der Waals surface area contributed by atoms with E-state index in [2.05, 4.69) is 10.3 Å². The standard InChI is InChI=1S/C17H23FN4O5S/c1-22(25)11-14(23)15(16(24)19-10-12-4-6-13(18)7-5-12)20-17(22)21-8-2-3-9-28(21,26)27/h4-7,23,26-27H,2-3,8-11H2,1H3,(H,19,24). The summed E-state index contributed by atoms with van der Waals surface area (Å²) in [5, 5.41) is 25.5. The van der Waals surface area contributed by atoms with Gasteiger partial charge in [-0.05, 0) is 30.5 Å². The Labute approximate surface area is 163 Å². The maximum absolute atomic E-state index is 13.0. The fraction of sp³-hybridized carbons (Fsp3) is 0.412. The molecular formula is C17H23FN4O5S. The third-order valence-electron chi connectivity index (χ3n) is 4.55. The third-order valence-corrected chi connectivity index (χ3v) is 6.43. The molecule has 9 nitrogen and oxygen atoms in total. The molecule has 2 aliphatic rings. The van der Waals surface area contributed by atoms with Gasteiger partial charge < -0.3 is 15.6 Å². The van der Waals surface area contributed by atoms with E-state index in [0.29, 0.717) is 18.4 Å². The van der Waals surface area contributed by atoms with E-state index < -0.39 is 39.5 Å². The first-order valence-corrected chi connectivity index (χ1v) is 10.4. The summed E-state index contributed by atoms with van der Waals surface area (Å²) in [4.78, 5) is 16.5. The Balaban J connectivity index is 1.82. The molecule has 4 N–H and O–H groups in total. The molecule has 1 fully saturated rings. The lowest BCUT2D eigenvalue weighted by atomic mass is 10.2. The van der Waals surface area contributed by atoms with Crippen LogP contribution >= 0.6 is 10.8 Å². The van der Waals surface area contributed by atoms with Crippen molar-refractivity contribution >= 4 is 22.6 Å². The number of aliphatic hydroxyl groups is 1. The SMILES string of the molecule is C[N+]1([O-])CC(O)=C(C(=O)NCc2ccc(F)cc2)N=C1N1CCCCS1(O)O. The van der Waals surface area contributed by atoms with E-state index in [1.807, 2.05) is 0 Å². The van der Waals surface area contributed by atoms with Crippen LogP contribution in [0, 0.1) is 11.0 Å². The van der Waals surface area contributed by atoms with Gasteiger partial charge in [-0.2, -0.15) is 4.99 Å². The van der Waals surface area contributed by atoms with Gasteiger partial charge in [0.05, 0.1) is 12.8 Å². The number of likely N-dealkylation sites (N-methyl/N-ethyl adjacent to an activating group) is 1. The highest BCUT2D eigenvalue weighted by atomic mass is 32.3. The van der Waals surface area contributed by atoms with E-state index in [1.54, 1.807) is 0 Å². The number of benzene rings is 1. The molecule has 0 radical (unpaired) electrons. The van der Waals surface area contributed by atoms with E-state index in [1.165, 1.54) is 31.3 Å². The van der Waals surface area contributed by atoms with Gasteiger partial charge in [-0.3, -0.25) is 18.5 Å². The largest absolute Gasteiger partial charge is 0.625 e. The zero-order valence-corrected chi connectivity index (χ0v) is 16.2. The minimum atomic E-state index is -3.20. The zero-order chi connectivity index (χ0) is 20.5. The number of hydrogen-bond donors (Lipinski definition) is 4. The second-order valence-corrected chi connectivity index (χ2v) is 9.03. The lowest BCUT2D eigenvalue weighted by Crippen LogP contribution is -2.57. The van der Waals surface area contributed by atoms with Crippen LogP contribution < -0.4 is 5.32 Å². The smallest absolute Gasteiger partial charge is 0.324 e. The fourth-order valence-electron chi connectivity index (χ4n) is 3.08. The number of nitrogens with zero attached hydrogens (tertiary/aromatic N) is 3. The van der Waals surface area contributed by atoms with Crippen molar-refractivity contribution in [3.8, 4) is 0 Å². The van der Waals surface area contributed by atoms with Gasteiger partial charge in [0.25, 0.3) is 5.91 Å². The van der Waals surface area contributed by atoms with E-state index in [9.17, 15) is 28.6 Å². The van der Waals surface area contributed by atoms with Gasteiger partial charge in [0.2, 0.25) is 0 Å². The molecule has 2 aliphatic heterocycles. The molecule has 2 heterocycles. The number of carbonyl (C=O) groups excluding carboxylic acids is 1. The molecule has 0 aliphatic carbocycles. The number of carbonyl (C=O) groups is 1. The molecule has 3 rings (SSSR count). The number of aliphatic imine (C=N–C) groups is 1. The normalized spacial score (nSPS) is 25.9. The Morgan fingerprint density at radius 1 is 1.36 bits per heavy atom. The molecule has 28 heavy (non-hydrogen) atoms. The minimum Gasteiger partial charge on any atom is -0.625 e. The Kier molecular flexibility index (Phi) is 5.64. The first-order valence-electron chi connectivity index (χ1n) is 8.74. The van der Waals surface area contributed by atoms with Crippen molar-refractivity contribution < 1.29 is 28.0 Å². The first kappa shape index (κ1) is 20.6. The highest BCUT2D eigenvalue weighted by Crippen LogP contribution is 2.48. The lowest BCUT2D eigenvalue weighted by Gasteiger charge is -2.52. The van der Waals surface area contributed by atoms with Gasteiger partial charge in [0.15, 0.2) is 11.5 Å². The molecule has 0 saturated carbocycles. The maximum Gasteiger partial charge on any atom is 0.324 e. The molecule has 0 bridgehead atoms. The second kappa shape index (κ2) is 7.68. The van der Waals surface area contributed by atoms with Crippen LogP contribution in [0.3, 0.4) is 0 Å². The molecule has 1 aromatic rings. The molecule has 1 aromatic carbocycles. The van der Waals surface area contributed by atoms with Crippen LogP contribution in [0.25, 0.3) is 0 Å². The molecule has 11 heteroatoms. The molecular weight excluding hydrogens is 391 g/mol. The number of hydrogen-bond acceptors (Lipinski definition) is 7. The van der Waals surface area contributed by atoms with Crippen LogP contribution in [0.15, 0.2) is 40.7 Å². The van der Waals surface area contributed by atoms with Gasteiger partial charge in [-0.1, -0.05) is 12.1 Å². The number of aliphatic hydroxyl groups excluding tert-OH is 1. The number of quaternary nitrogens is 1. The Bertz CT molecular complexity index is 825. The molecule has 154 valence electrons. The predicted octanol–water partition coefficient (Wildman–Crippen LogP) is 2.29. The van der Waals surface area contributed by atoms with Crippen LogP contribution in [0.4, 0.5) is 4.39 Å². The van der Waals surface area contributed by atoms with E-state index >= 15 is 0 Å². The number of rotatable bonds is 3. The summed E-state index contributed by atoms with van der Waals surface area (Å²) in [7, 11) is -1.98. The monoisotopic (exact) mass is 414 g/mol. The number of guanidine groups is 1. The average Bonchev–Trinajstić information content (AvgIpc) is 2.61. The van der Waals surface area contributed by atoms with E-state index in [-0.39, 0.29) is 30.5 Å². The van der Waals surface area contributed by atoms with Crippen LogP contribution in [0.2, 0.25) is 0 Å². The molecule has 1 saturated heterocycles. The van der Waals surface area contributed by atoms with Gasteiger partial charge in [0, 0.05) is 13.1 Å². The van der Waals surface area contributed by atoms with Crippen LogP contribution in [-0.2, 0) is 11.3 Å². The fourth-order valence-corrected chi connectivity index (χ4v) is 4.79. The van der Waals surface area contributed by atoms with Crippen molar-refractivity contribution in [2.45, 2.75) is 19.4 Å².